The van der Waals surface area contributed by atoms with Crippen LogP contribution >= 0.6 is 0 Å². The first-order chi connectivity index (χ1) is 13.0. The van der Waals surface area contributed by atoms with E-state index in [4.69, 9.17) is 0 Å². The summed E-state index contributed by atoms with van der Waals surface area (Å²) in [5, 5.41) is 4.44. The number of likely N-dealkylation sites (tertiary alicyclic amines) is 1. The van der Waals surface area contributed by atoms with Crippen LogP contribution in [-0.4, -0.2) is 48.2 Å². The number of hydrogen-bond acceptors (Lipinski definition) is 4. The van der Waals surface area contributed by atoms with Crippen LogP contribution in [0.3, 0.4) is 0 Å². The molecule has 142 valence electrons. The number of para-hydroxylation sites is 1. The second kappa shape index (κ2) is 6.68. The van der Waals surface area contributed by atoms with Gasteiger partial charge >= 0.3 is 5.69 Å². The van der Waals surface area contributed by atoms with Gasteiger partial charge in [0, 0.05) is 32.6 Å². The molecule has 1 aromatic carbocycles. The van der Waals surface area contributed by atoms with Crippen LogP contribution in [0.4, 0.5) is 0 Å². The Morgan fingerprint density at radius 2 is 2.19 bits per heavy atom. The van der Waals surface area contributed by atoms with Crippen molar-refractivity contribution in [1.82, 2.24) is 29.2 Å². The largest absolute Gasteiger partial charge is 0.345 e. The molecule has 4 rings (SSSR count). The van der Waals surface area contributed by atoms with Gasteiger partial charge in [-0.25, -0.2) is 14.5 Å². The van der Waals surface area contributed by atoms with Crippen molar-refractivity contribution in [2.45, 2.75) is 39.2 Å². The third kappa shape index (κ3) is 2.94. The van der Waals surface area contributed by atoms with Gasteiger partial charge in [0.25, 0.3) is 5.91 Å². The molecule has 1 fully saturated rings. The SMILES string of the molecule is CCn1c(C2CCCN(C(=O)c3cccc4[nH]c(C)nc34)C2)nn(C)c1=O. The molecule has 1 aliphatic heterocycles. The van der Waals surface area contributed by atoms with Crippen molar-refractivity contribution in [3.05, 3.63) is 45.9 Å². The zero-order chi connectivity index (χ0) is 19.1. The predicted molar refractivity (Wildman–Crippen MR) is 102 cm³/mol. The Hall–Kier alpha value is -2.90. The number of carbonyl (C=O) groups is 1. The van der Waals surface area contributed by atoms with Gasteiger partial charge in [-0.2, -0.15) is 5.10 Å². The maximum absolute atomic E-state index is 13.2. The van der Waals surface area contributed by atoms with Crippen molar-refractivity contribution >= 4 is 16.9 Å². The van der Waals surface area contributed by atoms with E-state index in [2.05, 4.69) is 15.1 Å². The minimum Gasteiger partial charge on any atom is -0.342 e. The van der Waals surface area contributed by atoms with E-state index in [-0.39, 0.29) is 17.5 Å². The van der Waals surface area contributed by atoms with Gasteiger partial charge in [0.2, 0.25) is 0 Å². The fourth-order valence-corrected chi connectivity index (χ4v) is 3.99. The van der Waals surface area contributed by atoms with E-state index in [0.717, 1.165) is 30.0 Å². The van der Waals surface area contributed by atoms with Crippen LogP contribution in [-0.2, 0) is 13.6 Å². The minimum absolute atomic E-state index is 0.0156. The lowest BCUT2D eigenvalue weighted by atomic mass is 9.96. The van der Waals surface area contributed by atoms with Gasteiger partial charge < -0.3 is 9.88 Å². The van der Waals surface area contributed by atoms with E-state index in [1.54, 1.807) is 11.6 Å². The number of nitrogens with one attached hydrogen (secondary N) is 1. The summed E-state index contributed by atoms with van der Waals surface area (Å²) in [5.74, 6) is 1.62. The van der Waals surface area contributed by atoms with Crippen molar-refractivity contribution in [2.75, 3.05) is 13.1 Å². The molecule has 1 N–H and O–H groups in total. The molecule has 1 saturated heterocycles. The number of rotatable bonds is 3. The predicted octanol–water partition coefficient (Wildman–Crippen LogP) is 1.81. The average molecular weight is 368 g/mol. The molecule has 0 spiro atoms. The van der Waals surface area contributed by atoms with Crippen LogP contribution in [0.25, 0.3) is 11.0 Å². The molecule has 2 aromatic heterocycles. The molecule has 8 nitrogen and oxygen atoms in total. The molecular weight excluding hydrogens is 344 g/mol. The molecule has 0 radical (unpaired) electrons. The first-order valence-corrected chi connectivity index (χ1v) is 9.38. The summed E-state index contributed by atoms with van der Waals surface area (Å²) in [6.07, 6.45) is 1.81. The molecule has 1 unspecified atom stereocenters. The summed E-state index contributed by atoms with van der Waals surface area (Å²) in [5.41, 5.74) is 2.10. The Balaban J connectivity index is 1.64. The fourth-order valence-electron chi connectivity index (χ4n) is 3.99. The van der Waals surface area contributed by atoms with Gasteiger partial charge in [-0.15, -0.1) is 0 Å². The van der Waals surface area contributed by atoms with Crippen molar-refractivity contribution in [2.24, 2.45) is 7.05 Å². The number of carbonyl (C=O) groups excluding carboxylic acids is 1. The number of imidazole rings is 1. The van der Waals surface area contributed by atoms with Crippen LogP contribution in [0.2, 0.25) is 0 Å². The number of amides is 1. The molecule has 27 heavy (non-hydrogen) atoms. The van der Waals surface area contributed by atoms with E-state index < -0.39 is 0 Å². The molecular formula is C19H24N6O2. The van der Waals surface area contributed by atoms with Crippen molar-refractivity contribution in [3.63, 3.8) is 0 Å². The number of piperidine rings is 1. The van der Waals surface area contributed by atoms with Gasteiger partial charge in [-0.3, -0.25) is 9.36 Å². The third-order valence-electron chi connectivity index (χ3n) is 5.29. The summed E-state index contributed by atoms with van der Waals surface area (Å²) >= 11 is 0. The highest BCUT2D eigenvalue weighted by atomic mass is 16.2. The van der Waals surface area contributed by atoms with E-state index in [0.29, 0.717) is 30.7 Å². The summed E-state index contributed by atoms with van der Waals surface area (Å²) in [7, 11) is 1.67. The van der Waals surface area contributed by atoms with Crippen LogP contribution in [0.5, 0.6) is 0 Å². The van der Waals surface area contributed by atoms with Crippen LogP contribution in [0.15, 0.2) is 23.0 Å². The van der Waals surface area contributed by atoms with Gasteiger partial charge in [-0.1, -0.05) is 6.07 Å². The normalized spacial score (nSPS) is 17.6. The zero-order valence-electron chi connectivity index (χ0n) is 15.9. The number of aromatic nitrogens is 5. The third-order valence-corrected chi connectivity index (χ3v) is 5.29. The molecule has 3 heterocycles. The lowest BCUT2D eigenvalue weighted by molar-refractivity contribution is 0.0705. The molecule has 0 saturated carbocycles. The van der Waals surface area contributed by atoms with Gasteiger partial charge in [-0.05, 0) is 38.8 Å². The Bertz CT molecular complexity index is 1060. The highest BCUT2D eigenvalue weighted by molar-refractivity contribution is 6.04. The second-order valence-electron chi connectivity index (χ2n) is 7.12. The maximum Gasteiger partial charge on any atom is 0.345 e. The molecule has 3 aromatic rings. The van der Waals surface area contributed by atoms with Crippen molar-refractivity contribution in [3.8, 4) is 0 Å². The molecule has 1 aliphatic rings. The van der Waals surface area contributed by atoms with Crippen LogP contribution in [0, 0.1) is 6.92 Å². The van der Waals surface area contributed by atoms with Crippen LogP contribution < -0.4 is 5.69 Å². The summed E-state index contributed by atoms with van der Waals surface area (Å²) in [6.45, 7) is 5.68. The first-order valence-electron chi connectivity index (χ1n) is 9.38. The maximum atomic E-state index is 13.2. The van der Waals surface area contributed by atoms with E-state index >= 15 is 0 Å². The molecule has 0 bridgehead atoms. The van der Waals surface area contributed by atoms with Gasteiger partial charge in [0.15, 0.2) is 0 Å². The van der Waals surface area contributed by atoms with Crippen molar-refractivity contribution < 1.29 is 4.79 Å². The summed E-state index contributed by atoms with van der Waals surface area (Å²) < 4.78 is 3.09. The number of aryl methyl sites for hydroxylation is 2. The Morgan fingerprint density at radius 3 is 2.96 bits per heavy atom. The Morgan fingerprint density at radius 1 is 1.37 bits per heavy atom. The standard InChI is InChI=1S/C19H24N6O2/c1-4-25-17(22-23(3)19(25)27)13-7-6-10-24(11-13)18(26)14-8-5-9-15-16(14)21-12(2)20-15/h5,8-9,13H,4,6-7,10-11H2,1-3H3,(H,20,21). The van der Waals surface area contributed by atoms with E-state index in [1.165, 1.54) is 4.68 Å². The molecule has 1 amide bonds. The quantitative estimate of drug-likeness (QED) is 0.763. The topological polar surface area (TPSA) is 88.8 Å². The number of fused-ring (bicyclic) bond motifs is 1. The highest BCUT2D eigenvalue weighted by Gasteiger charge is 2.30. The smallest absolute Gasteiger partial charge is 0.342 e. The summed E-state index contributed by atoms with van der Waals surface area (Å²) in [6, 6.07) is 5.64. The number of benzene rings is 1. The number of H-pyrrole nitrogens is 1. The fraction of sp³-hybridized carbons (Fsp3) is 0.474. The van der Waals surface area contributed by atoms with Crippen LogP contribution in [0.1, 0.15) is 47.7 Å². The first kappa shape index (κ1) is 17.5. The number of aromatic amines is 1. The highest BCUT2D eigenvalue weighted by Crippen LogP contribution is 2.27. The molecule has 1 atom stereocenters. The van der Waals surface area contributed by atoms with Crippen molar-refractivity contribution in [1.29, 1.82) is 0 Å². The molecule has 8 heteroatoms. The minimum atomic E-state index is -0.104. The summed E-state index contributed by atoms with van der Waals surface area (Å²) in [4.78, 5) is 35.0. The number of hydrogen-bond donors (Lipinski definition) is 1. The zero-order valence-corrected chi connectivity index (χ0v) is 15.9. The monoisotopic (exact) mass is 368 g/mol. The van der Waals surface area contributed by atoms with Gasteiger partial charge in [0.05, 0.1) is 11.1 Å². The average Bonchev–Trinajstić information content (AvgIpc) is 3.19. The molecule has 0 aliphatic carbocycles. The van der Waals surface area contributed by atoms with E-state index in [1.807, 2.05) is 36.9 Å². The van der Waals surface area contributed by atoms with Gasteiger partial charge in [0.1, 0.15) is 17.2 Å². The Kier molecular flexibility index (Phi) is 4.33. The lowest BCUT2D eigenvalue weighted by Crippen LogP contribution is -2.40. The Labute approximate surface area is 156 Å². The second-order valence-corrected chi connectivity index (χ2v) is 7.12. The lowest BCUT2D eigenvalue weighted by Gasteiger charge is -2.32. The number of nitrogens with zero attached hydrogens (tertiary/aromatic N) is 5. The van der Waals surface area contributed by atoms with E-state index in [9.17, 15) is 9.59 Å².